The molecule has 7 heteroatoms. The predicted molar refractivity (Wildman–Crippen MR) is 83.1 cm³/mol. The zero-order valence-corrected chi connectivity index (χ0v) is 12.8. The van der Waals surface area contributed by atoms with E-state index in [1.54, 1.807) is 18.0 Å². The molecular weight excluding hydrogens is 294 g/mol. The molecule has 0 amide bonds. The van der Waals surface area contributed by atoms with Crippen LogP contribution in [-0.2, 0) is 5.54 Å². The second-order valence-electron chi connectivity index (χ2n) is 5.76. The molecule has 118 valence electrons. The van der Waals surface area contributed by atoms with Gasteiger partial charge < -0.3 is 15.0 Å². The largest absolute Gasteiger partial charge is 0.493 e. The van der Waals surface area contributed by atoms with Gasteiger partial charge in [-0.25, -0.2) is 4.68 Å². The number of ether oxygens (including phenoxy) is 1. The minimum atomic E-state index is -0.461. The number of hydrogen-bond donors (Lipinski definition) is 1. The van der Waals surface area contributed by atoms with Gasteiger partial charge in [0.15, 0.2) is 17.3 Å². The highest BCUT2D eigenvalue weighted by Crippen LogP contribution is 2.38. The quantitative estimate of drug-likeness (QED) is 0.794. The molecule has 7 nitrogen and oxygen atoms in total. The molecule has 0 atom stereocenters. The summed E-state index contributed by atoms with van der Waals surface area (Å²) in [4.78, 5) is 4.43. The van der Waals surface area contributed by atoms with E-state index in [0.717, 1.165) is 24.9 Å². The van der Waals surface area contributed by atoms with E-state index in [2.05, 4.69) is 15.2 Å². The number of nitrogens with two attached hydrogens (primary N) is 1. The Bertz CT molecular complexity index is 820. The van der Waals surface area contributed by atoms with Crippen molar-refractivity contribution >= 4 is 0 Å². The summed E-state index contributed by atoms with van der Waals surface area (Å²) >= 11 is 0. The first kappa shape index (κ1) is 14.0. The molecule has 0 saturated heterocycles. The van der Waals surface area contributed by atoms with Crippen LogP contribution in [0.25, 0.3) is 17.3 Å². The molecule has 2 N–H and O–H groups in total. The average Bonchev–Trinajstić information content (AvgIpc) is 3.20. The molecule has 1 aliphatic rings. The topological polar surface area (TPSA) is 92.0 Å². The second-order valence-corrected chi connectivity index (χ2v) is 5.76. The molecule has 3 aromatic rings. The monoisotopic (exact) mass is 311 g/mol. The third kappa shape index (κ3) is 2.29. The van der Waals surface area contributed by atoms with Crippen molar-refractivity contribution in [2.45, 2.75) is 24.8 Å². The number of rotatable bonds is 4. The molecule has 0 bridgehead atoms. The first-order valence-corrected chi connectivity index (χ1v) is 7.52. The minimum absolute atomic E-state index is 0.322. The molecule has 0 aliphatic heterocycles. The van der Waals surface area contributed by atoms with Crippen LogP contribution in [0.2, 0.25) is 0 Å². The van der Waals surface area contributed by atoms with Gasteiger partial charge in [-0.05, 0) is 31.4 Å². The number of benzene rings is 1. The molecule has 0 unspecified atom stereocenters. The lowest BCUT2D eigenvalue weighted by Gasteiger charge is -2.34. The van der Waals surface area contributed by atoms with Gasteiger partial charge in [0.25, 0.3) is 5.89 Å². The second kappa shape index (κ2) is 5.20. The van der Waals surface area contributed by atoms with Crippen LogP contribution in [0.4, 0.5) is 0 Å². The van der Waals surface area contributed by atoms with Crippen LogP contribution in [0.3, 0.4) is 0 Å². The molecule has 1 aromatic carbocycles. The van der Waals surface area contributed by atoms with E-state index in [1.807, 2.05) is 30.3 Å². The lowest BCUT2D eigenvalue weighted by Crippen LogP contribution is -2.44. The molecule has 1 saturated carbocycles. The molecule has 2 heterocycles. The molecule has 4 rings (SSSR count). The summed E-state index contributed by atoms with van der Waals surface area (Å²) in [5, 5.41) is 8.54. The van der Waals surface area contributed by atoms with Gasteiger partial charge in [0.1, 0.15) is 0 Å². The summed E-state index contributed by atoms with van der Waals surface area (Å²) in [7, 11) is 1.59. The maximum absolute atomic E-state index is 6.24. The Balaban J connectivity index is 1.73. The Labute approximate surface area is 133 Å². The first-order valence-electron chi connectivity index (χ1n) is 7.52. The van der Waals surface area contributed by atoms with Gasteiger partial charge in [-0.2, -0.15) is 10.1 Å². The minimum Gasteiger partial charge on any atom is -0.493 e. The predicted octanol–water partition coefficient (Wildman–Crippen LogP) is 2.27. The van der Waals surface area contributed by atoms with Gasteiger partial charge in [0.05, 0.1) is 24.5 Å². The third-order valence-electron chi connectivity index (χ3n) is 4.24. The van der Waals surface area contributed by atoms with Crippen LogP contribution in [-0.4, -0.2) is 27.0 Å². The van der Waals surface area contributed by atoms with Gasteiger partial charge in [-0.15, -0.1) is 0 Å². The molecule has 0 radical (unpaired) electrons. The van der Waals surface area contributed by atoms with Crippen molar-refractivity contribution in [3.63, 3.8) is 0 Å². The molecule has 0 spiro atoms. The zero-order chi connectivity index (χ0) is 15.9. The van der Waals surface area contributed by atoms with Gasteiger partial charge in [-0.3, -0.25) is 0 Å². The highest BCUT2D eigenvalue weighted by atomic mass is 16.5. The van der Waals surface area contributed by atoms with Gasteiger partial charge >= 0.3 is 0 Å². The van der Waals surface area contributed by atoms with E-state index in [9.17, 15) is 0 Å². The Morgan fingerprint density at radius 3 is 2.70 bits per heavy atom. The fraction of sp³-hybridized carbons (Fsp3) is 0.312. The molecule has 23 heavy (non-hydrogen) atoms. The summed E-state index contributed by atoms with van der Waals surface area (Å²) in [5.74, 6) is 1.43. The highest BCUT2D eigenvalue weighted by Gasteiger charge is 2.39. The Morgan fingerprint density at radius 2 is 2.04 bits per heavy atom. The van der Waals surface area contributed by atoms with Crippen LogP contribution in [0.1, 0.15) is 25.1 Å². The van der Waals surface area contributed by atoms with Gasteiger partial charge in [-0.1, -0.05) is 23.4 Å². The number of aromatic nitrogens is 4. The summed E-state index contributed by atoms with van der Waals surface area (Å²) in [6.45, 7) is 0. The van der Waals surface area contributed by atoms with E-state index < -0.39 is 5.54 Å². The first-order chi connectivity index (χ1) is 11.2. The van der Waals surface area contributed by atoms with E-state index in [-0.39, 0.29) is 0 Å². The maximum Gasteiger partial charge on any atom is 0.282 e. The maximum atomic E-state index is 6.24. The Morgan fingerprint density at radius 1 is 1.26 bits per heavy atom. The van der Waals surface area contributed by atoms with E-state index in [4.69, 9.17) is 15.0 Å². The van der Waals surface area contributed by atoms with Gasteiger partial charge in [0, 0.05) is 0 Å². The summed E-state index contributed by atoms with van der Waals surface area (Å²) in [5.41, 5.74) is 7.21. The Hall–Kier alpha value is -2.67. The van der Waals surface area contributed by atoms with Crippen molar-refractivity contribution in [1.82, 2.24) is 19.9 Å². The lowest BCUT2D eigenvalue weighted by atomic mass is 9.77. The summed E-state index contributed by atoms with van der Waals surface area (Å²) in [6, 6.07) is 9.76. The number of methoxy groups -OCH3 is 1. The van der Waals surface area contributed by atoms with E-state index in [0.29, 0.717) is 23.2 Å². The Kier molecular flexibility index (Phi) is 3.16. The van der Waals surface area contributed by atoms with Crippen molar-refractivity contribution in [3.05, 3.63) is 42.4 Å². The smallest absolute Gasteiger partial charge is 0.282 e. The number of para-hydroxylation sites is 1. The zero-order valence-electron chi connectivity index (χ0n) is 12.8. The van der Waals surface area contributed by atoms with Crippen LogP contribution in [0.15, 0.2) is 41.1 Å². The number of hydrogen-bond acceptors (Lipinski definition) is 6. The SMILES string of the molecule is COc1cn(-c2ccccc2)nc1-c1nc(C2(N)CCC2)no1. The standard InChI is InChI=1S/C16H17N5O2/c1-22-12-10-21(11-6-3-2-4-7-11)19-13(12)14-18-15(20-23-14)16(17)8-5-9-16/h2-4,6-7,10H,5,8-9,17H2,1H3. The number of nitrogens with zero attached hydrogens (tertiary/aromatic N) is 4. The molecular formula is C16H17N5O2. The van der Waals surface area contributed by atoms with Crippen LogP contribution in [0.5, 0.6) is 5.75 Å². The fourth-order valence-electron chi connectivity index (χ4n) is 2.67. The van der Waals surface area contributed by atoms with E-state index >= 15 is 0 Å². The fourth-order valence-corrected chi connectivity index (χ4v) is 2.67. The van der Waals surface area contributed by atoms with Crippen LogP contribution in [0, 0.1) is 0 Å². The lowest BCUT2D eigenvalue weighted by molar-refractivity contribution is 0.229. The van der Waals surface area contributed by atoms with Crippen LogP contribution >= 0.6 is 0 Å². The van der Waals surface area contributed by atoms with Crippen molar-refractivity contribution in [1.29, 1.82) is 0 Å². The van der Waals surface area contributed by atoms with Crippen LogP contribution < -0.4 is 10.5 Å². The van der Waals surface area contributed by atoms with Crippen molar-refractivity contribution in [2.75, 3.05) is 7.11 Å². The molecule has 1 fully saturated rings. The van der Waals surface area contributed by atoms with E-state index in [1.165, 1.54) is 0 Å². The molecule has 2 aromatic heterocycles. The molecule has 1 aliphatic carbocycles. The summed E-state index contributed by atoms with van der Waals surface area (Å²) in [6.07, 6.45) is 4.63. The summed E-state index contributed by atoms with van der Waals surface area (Å²) < 4.78 is 12.5. The van der Waals surface area contributed by atoms with Gasteiger partial charge in [0.2, 0.25) is 0 Å². The third-order valence-corrected chi connectivity index (χ3v) is 4.24. The van der Waals surface area contributed by atoms with Crippen molar-refractivity contribution in [2.24, 2.45) is 5.73 Å². The van der Waals surface area contributed by atoms with Crippen molar-refractivity contribution in [3.8, 4) is 23.0 Å². The highest BCUT2D eigenvalue weighted by molar-refractivity contribution is 5.57. The average molecular weight is 311 g/mol. The van der Waals surface area contributed by atoms with Crippen molar-refractivity contribution < 1.29 is 9.26 Å². The normalized spacial score (nSPS) is 16.1.